The predicted octanol–water partition coefficient (Wildman–Crippen LogP) is 3.55. The van der Waals surface area contributed by atoms with E-state index in [4.69, 9.17) is 9.68 Å². The van der Waals surface area contributed by atoms with Crippen molar-refractivity contribution in [3.8, 4) is 0 Å². The maximum Gasteiger partial charge on any atom is 0.340 e. The van der Waals surface area contributed by atoms with Crippen LogP contribution in [0.5, 0.6) is 0 Å². The lowest BCUT2D eigenvalue weighted by atomic mass is 10.1. The Balaban J connectivity index is 1.53. The fourth-order valence-electron chi connectivity index (χ4n) is 2.82. The first kappa shape index (κ1) is 15.2. The third-order valence-corrected chi connectivity index (χ3v) is 4.05. The van der Waals surface area contributed by atoms with Gasteiger partial charge in [0.25, 0.3) is 0 Å². The van der Waals surface area contributed by atoms with Crippen molar-refractivity contribution < 1.29 is 19.3 Å². The number of benzene rings is 3. The van der Waals surface area contributed by atoms with E-state index in [0.717, 1.165) is 17.1 Å². The number of hydroxylamine groups is 1. The van der Waals surface area contributed by atoms with Gasteiger partial charge in [0.05, 0.1) is 16.9 Å². The molecule has 0 spiro atoms. The first-order valence-corrected chi connectivity index (χ1v) is 7.71. The highest BCUT2D eigenvalue weighted by molar-refractivity contribution is 6.04. The Labute approximate surface area is 143 Å². The Morgan fingerprint density at radius 3 is 2.76 bits per heavy atom. The van der Waals surface area contributed by atoms with Gasteiger partial charge in [0, 0.05) is 5.56 Å². The molecule has 25 heavy (non-hydrogen) atoms. The van der Waals surface area contributed by atoms with Crippen molar-refractivity contribution >= 4 is 34.4 Å². The molecule has 6 heteroatoms. The molecule has 6 nitrogen and oxygen atoms in total. The lowest BCUT2D eigenvalue weighted by molar-refractivity contribution is 0.0336. The summed E-state index contributed by atoms with van der Waals surface area (Å²) in [5.41, 5.74) is 4.82. The number of para-hydroxylation sites is 1. The number of rotatable bonds is 4. The van der Waals surface area contributed by atoms with Crippen LogP contribution in [0.3, 0.4) is 0 Å². The van der Waals surface area contributed by atoms with Gasteiger partial charge < -0.3 is 4.74 Å². The first-order valence-electron chi connectivity index (χ1n) is 7.71. The van der Waals surface area contributed by atoms with Crippen LogP contribution in [-0.2, 0) is 9.68 Å². The summed E-state index contributed by atoms with van der Waals surface area (Å²) in [5.74, 6) is -0.444. The third-order valence-electron chi connectivity index (χ3n) is 4.05. The maximum atomic E-state index is 12.5. The molecule has 0 aliphatic carbocycles. The average Bonchev–Trinajstić information content (AvgIpc) is 3.09. The number of carbonyl (C=O) groups excluding carboxylic acids is 2. The van der Waals surface area contributed by atoms with Crippen LogP contribution < -0.4 is 10.5 Å². The molecule has 0 bridgehead atoms. The summed E-state index contributed by atoms with van der Waals surface area (Å²) in [6.07, 6.45) is 0.737. The van der Waals surface area contributed by atoms with Gasteiger partial charge in [-0.15, -0.1) is 0 Å². The fourth-order valence-corrected chi connectivity index (χ4v) is 2.82. The predicted molar refractivity (Wildman–Crippen MR) is 93.2 cm³/mol. The van der Waals surface area contributed by atoms with Crippen molar-refractivity contribution in [1.29, 1.82) is 0 Å². The van der Waals surface area contributed by atoms with E-state index < -0.39 is 5.97 Å². The van der Waals surface area contributed by atoms with Crippen LogP contribution in [0.1, 0.15) is 20.7 Å². The minimum Gasteiger partial charge on any atom is -0.438 e. The Hall–Kier alpha value is -3.38. The normalized spacial score (nSPS) is 12.6. The molecule has 0 aromatic heterocycles. The van der Waals surface area contributed by atoms with E-state index in [1.807, 2.05) is 36.4 Å². The van der Waals surface area contributed by atoms with Gasteiger partial charge in [0.15, 0.2) is 13.0 Å². The van der Waals surface area contributed by atoms with Crippen molar-refractivity contribution in [1.82, 2.24) is 0 Å². The molecule has 124 valence electrons. The van der Waals surface area contributed by atoms with Crippen molar-refractivity contribution in [2.75, 3.05) is 17.3 Å². The van der Waals surface area contributed by atoms with Gasteiger partial charge in [-0.2, -0.15) is 10.0 Å². The van der Waals surface area contributed by atoms with Gasteiger partial charge in [-0.05, 0) is 29.0 Å². The van der Waals surface area contributed by atoms with Crippen LogP contribution in [0.2, 0.25) is 0 Å². The zero-order chi connectivity index (χ0) is 17.2. The molecule has 3 aromatic rings. The molecule has 0 unspecified atom stereocenters. The average molecular weight is 334 g/mol. The van der Waals surface area contributed by atoms with Crippen LogP contribution in [0.15, 0.2) is 60.7 Å². The van der Waals surface area contributed by atoms with Crippen LogP contribution in [-0.4, -0.2) is 19.0 Å². The molecule has 4 rings (SSSR count). The van der Waals surface area contributed by atoms with Gasteiger partial charge in [0.1, 0.15) is 0 Å². The Morgan fingerprint density at radius 1 is 1.08 bits per heavy atom. The summed E-state index contributed by atoms with van der Waals surface area (Å²) < 4.78 is 5.38. The third kappa shape index (κ3) is 2.68. The molecule has 1 N–H and O–H groups in total. The largest absolute Gasteiger partial charge is 0.438 e. The number of nitrogens with one attached hydrogen (secondary N) is 1. The number of hydrogen-bond acceptors (Lipinski definition) is 6. The lowest BCUT2D eigenvalue weighted by Crippen LogP contribution is -2.25. The molecule has 0 saturated carbocycles. The maximum absolute atomic E-state index is 12.5. The van der Waals surface area contributed by atoms with E-state index in [2.05, 4.69) is 5.48 Å². The standard InChI is InChI=1S/C19H14N2O4/c22-11-14-7-4-10-17-18(14)20-25-21(17)12-24-19(23)16-9-3-6-13-5-1-2-8-15(13)16/h1-11,20H,12H2. The fraction of sp³-hybridized carbons (Fsp3) is 0.0526. The molecule has 0 atom stereocenters. The second kappa shape index (κ2) is 6.26. The molecule has 0 saturated heterocycles. The minimum atomic E-state index is -0.444. The van der Waals surface area contributed by atoms with Crippen molar-refractivity contribution in [3.63, 3.8) is 0 Å². The van der Waals surface area contributed by atoms with E-state index in [-0.39, 0.29) is 6.73 Å². The van der Waals surface area contributed by atoms with E-state index in [9.17, 15) is 9.59 Å². The molecule has 0 fully saturated rings. The molecule has 0 radical (unpaired) electrons. The SMILES string of the molecule is O=Cc1cccc2c1NON2COC(=O)c1cccc2ccccc12. The Kier molecular flexibility index (Phi) is 3.80. The van der Waals surface area contributed by atoms with Gasteiger partial charge in [-0.1, -0.05) is 42.5 Å². The highest BCUT2D eigenvalue weighted by atomic mass is 16.8. The molecular formula is C19H14N2O4. The van der Waals surface area contributed by atoms with Gasteiger partial charge in [-0.25, -0.2) is 10.3 Å². The molecular weight excluding hydrogens is 320 g/mol. The van der Waals surface area contributed by atoms with Crippen LogP contribution >= 0.6 is 0 Å². The summed E-state index contributed by atoms with van der Waals surface area (Å²) in [6, 6.07) is 18.3. The van der Waals surface area contributed by atoms with Crippen LogP contribution in [0.4, 0.5) is 11.4 Å². The number of nitrogens with zero attached hydrogens (tertiary/aromatic N) is 1. The van der Waals surface area contributed by atoms with Gasteiger partial charge in [-0.3, -0.25) is 4.79 Å². The zero-order valence-electron chi connectivity index (χ0n) is 13.1. The number of anilines is 2. The molecule has 1 aliphatic rings. The zero-order valence-corrected chi connectivity index (χ0v) is 13.1. The van der Waals surface area contributed by atoms with E-state index in [0.29, 0.717) is 22.5 Å². The van der Waals surface area contributed by atoms with Gasteiger partial charge in [0.2, 0.25) is 0 Å². The van der Waals surface area contributed by atoms with E-state index >= 15 is 0 Å². The highest BCUT2D eigenvalue weighted by Gasteiger charge is 2.24. The highest BCUT2D eigenvalue weighted by Crippen LogP contribution is 2.34. The Morgan fingerprint density at radius 2 is 1.88 bits per heavy atom. The number of esters is 1. The molecule has 3 aromatic carbocycles. The number of fused-ring (bicyclic) bond motifs is 2. The quantitative estimate of drug-likeness (QED) is 0.581. The van der Waals surface area contributed by atoms with Crippen LogP contribution in [0, 0.1) is 0 Å². The van der Waals surface area contributed by atoms with Gasteiger partial charge >= 0.3 is 5.97 Å². The lowest BCUT2D eigenvalue weighted by Gasteiger charge is -2.15. The summed E-state index contributed by atoms with van der Waals surface area (Å²) in [4.78, 5) is 28.8. The first-order chi connectivity index (χ1) is 12.3. The number of aldehydes is 1. The minimum absolute atomic E-state index is 0.107. The second-order valence-electron chi connectivity index (χ2n) is 5.52. The van der Waals surface area contributed by atoms with E-state index in [1.54, 1.807) is 24.3 Å². The summed E-state index contributed by atoms with van der Waals surface area (Å²) >= 11 is 0. The van der Waals surface area contributed by atoms with Crippen molar-refractivity contribution in [3.05, 3.63) is 71.8 Å². The second-order valence-corrected chi connectivity index (χ2v) is 5.52. The number of ether oxygens (including phenoxy) is 1. The van der Waals surface area contributed by atoms with Crippen molar-refractivity contribution in [2.45, 2.75) is 0 Å². The summed E-state index contributed by atoms with van der Waals surface area (Å²) in [7, 11) is 0. The van der Waals surface area contributed by atoms with Crippen molar-refractivity contribution in [2.24, 2.45) is 0 Å². The smallest absolute Gasteiger partial charge is 0.340 e. The monoisotopic (exact) mass is 334 g/mol. The van der Waals surface area contributed by atoms with Crippen LogP contribution in [0.25, 0.3) is 10.8 Å². The summed E-state index contributed by atoms with van der Waals surface area (Å²) in [5, 5.41) is 3.18. The molecule has 0 amide bonds. The number of hydrogen-bond donors (Lipinski definition) is 1. The molecule has 1 aliphatic heterocycles. The van der Waals surface area contributed by atoms with E-state index in [1.165, 1.54) is 5.06 Å². The summed E-state index contributed by atoms with van der Waals surface area (Å²) in [6.45, 7) is -0.107. The number of carbonyl (C=O) groups is 2. The topological polar surface area (TPSA) is 67.9 Å². The Bertz CT molecular complexity index is 965. The molecule has 1 heterocycles.